The number of aliphatic carboxylic acids is 1. The van der Waals surface area contributed by atoms with Gasteiger partial charge < -0.3 is 15.2 Å². The molecule has 2 atom stereocenters. The van der Waals surface area contributed by atoms with E-state index in [1.54, 1.807) is 13.8 Å². The van der Waals surface area contributed by atoms with Crippen molar-refractivity contribution in [2.24, 2.45) is 5.92 Å². The van der Waals surface area contributed by atoms with Crippen LogP contribution in [0.1, 0.15) is 52.4 Å². The maximum absolute atomic E-state index is 12.0. The fourth-order valence-corrected chi connectivity index (χ4v) is 3.66. The molecule has 1 aliphatic rings. The third-order valence-corrected chi connectivity index (χ3v) is 5.47. The van der Waals surface area contributed by atoms with Gasteiger partial charge in [0.25, 0.3) is 0 Å². The molecule has 0 aromatic carbocycles. The fourth-order valence-electron chi connectivity index (χ4n) is 2.85. The Labute approximate surface area is 149 Å². The summed E-state index contributed by atoms with van der Waals surface area (Å²) in [4.78, 5) is 23.5. The summed E-state index contributed by atoms with van der Waals surface area (Å²) in [6.07, 6.45) is 4.75. The number of rotatable bonds is 9. The molecule has 1 fully saturated rings. The Morgan fingerprint density at radius 3 is 2.40 bits per heavy atom. The Morgan fingerprint density at radius 2 is 1.80 bits per heavy atom. The van der Waals surface area contributed by atoms with E-state index in [0.717, 1.165) is 25.7 Å². The second kappa shape index (κ2) is 10.7. The van der Waals surface area contributed by atoms with Gasteiger partial charge in [-0.25, -0.2) is 13.1 Å². The minimum absolute atomic E-state index is 0.0539. The molecule has 25 heavy (non-hydrogen) atoms. The number of carboxylic acids is 1. The molecule has 0 heterocycles. The standard InChI is InChI=1S/C16H30N2O6S/c1-12(2)24-9-10-25(22,23)17-11-15(19)18-14-8-6-4-3-5-7-13(14)16(20)21/h12-14,17H,3-11H2,1-2H3,(H,18,19)(H,20,21). The van der Waals surface area contributed by atoms with Gasteiger partial charge in [0.05, 0.1) is 30.9 Å². The van der Waals surface area contributed by atoms with Crippen LogP contribution in [-0.4, -0.2) is 56.5 Å². The molecular weight excluding hydrogens is 348 g/mol. The Bertz CT molecular complexity index is 535. The first kappa shape index (κ1) is 21.9. The van der Waals surface area contributed by atoms with Gasteiger partial charge in [-0.2, -0.15) is 0 Å². The number of ether oxygens (including phenoxy) is 1. The summed E-state index contributed by atoms with van der Waals surface area (Å²) < 4.78 is 31.0. The van der Waals surface area contributed by atoms with Gasteiger partial charge in [0.1, 0.15) is 0 Å². The maximum Gasteiger partial charge on any atom is 0.308 e. The molecule has 2 unspecified atom stereocenters. The van der Waals surface area contributed by atoms with E-state index in [4.69, 9.17) is 4.74 Å². The van der Waals surface area contributed by atoms with Crippen molar-refractivity contribution in [2.45, 2.75) is 64.5 Å². The summed E-state index contributed by atoms with van der Waals surface area (Å²) in [6, 6.07) is -0.459. The van der Waals surface area contributed by atoms with Crippen LogP contribution in [0.2, 0.25) is 0 Å². The van der Waals surface area contributed by atoms with Crippen LogP contribution in [0.3, 0.4) is 0 Å². The molecule has 0 aromatic rings. The summed E-state index contributed by atoms with van der Waals surface area (Å²) in [5.74, 6) is -2.27. The maximum atomic E-state index is 12.0. The monoisotopic (exact) mass is 378 g/mol. The first-order valence-corrected chi connectivity index (χ1v) is 10.5. The average molecular weight is 378 g/mol. The minimum Gasteiger partial charge on any atom is -0.481 e. The van der Waals surface area contributed by atoms with Gasteiger partial charge in [0, 0.05) is 6.04 Å². The molecule has 0 radical (unpaired) electrons. The van der Waals surface area contributed by atoms with Crippen molar-refractivity contribution in [3.05, 3.63) is 0 Å². The number of hydrogen-bond donors (Lipinski definition) is 3. The molecule has 1 saturated carbocycles. The zero-order valence-corrected chi connectivity index (χ0v) is 15.8. The van der Waals surface area contributed by atoms with Gasteiger partial charge in [0.15, 0.2) is 0 Å². The SMILES string of the molecule is CC(C)OCCS(=O)(=O)NCC(=O)NC1CCCCCCC1C(=O)O. The van der Waals surface area contributed by atoms with E-state index in [-0.39, 0.29) is 18.5 Å². The number of sulfonamides is 1. The molecule has 146 valence electrons. The second-order valence-corrected chi connectivity index (χ2v) is 8.60. The Balaban J connectivity index is 2.48. The first-order valence-electron chi connectivity index (χ1n) is 8.82. The second-order valence-electron chi connectivity index (χ2n) is 6.67. The highest BCUT2D eigenvalue weighted by Crippen LogP contribution is 2.23. The van der Waals surface area contributed by atoms with E-state index in [1.807, 2.05) is 0 Å². The average Bonchev–Trinajstić information content (AvgIpc) is 2.47. The van der Waals surface area contributed by atoms with Crippen LogP contribution in [0.25, 0.3) is 0 Å². The molecule has 3 N–H and O–H groups in total. The molecule has 9 heteroatoms. The molecule has 1 rings (SSSR count). The van der Waals surface area contributed by atoms with E-state index in [2.05, 4.69) is 10.0 Å². The first-order chi connectivity index (χ1) is 11.7. The van der Waals surface area contributed by atoms with Crippen molar-refractivity contribution in [3.63, 3.8) is 0 Å². The highest BCUT2D eigenvalue weighted by Gasteiger charge is 2.30. The predicted molar refractivity (Wildman–Crippen MR) is 93.6 cm³/mol. The van der Waals surface area contributed by atoms with Crippen molar-refractivity contribution in [2.75, 3.05) is 18.9 Å². The topological polar surface area (TPSA) is 122 Å². The van der Waals surface area contributed by atoms with E-state index < -0.39 is 40.4 Å². The Morgan fingerprint density at radius 1 is 1.16 bits per heavy atom. The van der Waals surface area contributed by atoms with Crippen LogP contribution in [0.4, 0.5) is 0 Å². The lowest BCUT2D eigenvalue weighted by Gasteiger charge is -2.27. The predicted octanol–water partition coefficient (Wildman–Crippen LogP) is 0.871. The fraction of sp³-hybridized carbons (Fsp3) is 0.875. The van der Waals surface area contributed by atoms with Gasteiger partial charge in [-0.3, -0.25) is 9.59 Å². The van der Waals surface area contributed by atoms with Crippen LogP contribution >= 0.6 is 0 Å². The van der Waals surface area contributed by atoms with Crippen molar-refractivity contribution in [3.8, 4) is 0 Å². The summed E-state index contributed by atoms with van der Waals surface area (Å²) in [7, 11) is -3.61. The van der Waals surface area contributed by atoms with Crippen LogP contribution < -0.4 is 10.0 Å². The van der Waals surface area contributed by atoms with Crippen molar-refractivity contribution in [1.82, 2.24) is 10.0 Å². The zero-order chi connectivity index (χ0) is 18.9. The van der Waals surface area contributed by atoms with Crippen molar-refractivity contribution < 1.29 is 27.9 Å². The van der Waals surface area contributed by atoms with Crippen LogP contribution in [0, 0.1) is 5.92 Å². The normalized spacial score (nSPS) is 22.2. The lowest BCUT2D eigenvalue weighted by Crippen LogP contribution is -2.47. The smallest absolute Gasteiger partial charge is 0.308 e. The number of carboxylic acid groups (broad SMARTS) is 1. The van der Waals surface area contributed by atoms with Crippen LogP contribution in [0.15, 0.2) is 0 Å². The van der Waals surface area contributed by atoms with Gasteiger partial charge in [-0.05, 0) is 26.7 Å². The van der Waals surface area contributed by atoms with Gasteiger partial charge in [-0.1, -0.05) is 25.7 Å². The molecule has 0 bridgehead atoms. The van der Waals surface area contributed by atoms with Crippen LogP contribution in [0.5, 0.6) is 0 Å². The molecule has 0 saturated heterocycles. The van der Waals surface area contributed by atoms with Gasteiger partial charge >= 0.3 is 5.97 Å². The zero-order valence-electron chi connectivity index (χ0n) is 15.0. The number of carbonyl (C=O) groups is 2. The third-order valence-electron chi connectivity index (χ3n) is 4.19. The van der Waals surface area contributed by atoms with E-state index in [0.29, 0.717) is 12.8 Å². The van der Waals surface area contributed by atoms with Gasteiger partial charge in [-0.15, -0.1) is 0 Å². The number of carbonyl (C=O) groups excluding carboxylic acids is 1. The summed E-state index contributed by atoms with van der Waals surface area (Å²) in [6.45, 7) is 3.27. The van der Waals surface area contributed by atoms with E-state index in [1.165, 1.54) is 0 Å². The number of hydrogen-bond acceptors (Lipinski definition) is 5. The summed E-state index contributed by atoms with van der Waals surface area (Å²) in [5.41, 5.74) is 0. The molecule has 1 amide bonds. The molecule has 1 aliphatic carbocycles. The number of amides is 1. The van der Waals surface area contributed by atoms with E-state index >= 15 is 0 Å². The Hall–Kier alpha value is -1.19. The third kappa shape index (κ3) is 9.18. The highest BCUT2D eigenvalue weighted by atomic mass is 32.2. The molecule has 0 aliphatic heterocycles. The lowest BCUT2D eigenvalue weighted by atomic mass is 9.87. The summed E-state index contributed by atoms with van der Waals surface area (Å²) in [5, 5.41) is 12.0. The molecule has 8 nitrogen and oxygen atoms in total. The Kier molecular flexibility index (Phi) is 9.37. The lowest BCUT2D eigenvalue weighted by molar-refractivity contribution is -0.143. The van der Waals surface area contributed by atoms with Crippen molar-refractivity contribution >= 4 is 21.9 Å². The molecular formula is C16H30N2O6S. The molecule has 0 aromatic heterocycles. The molecule has 0 spiro atoms. The number of nitrogens with one attached hydrogen (secondary N) is 2. The largest absolute Gasteiger partial charge is 0.481 e. The van der Waals surface area contributed by atoms with Crippen LogP contribution in [-0.2, 0) is 24.3 Å². The van der Waals surface area contributed by atoms with Gasteiger partial charge in [0.2, 0.25) is 15.9 Å². The minimum atomic E-state index is -3.61. The van der Waals surface area contributed by atoms with E-state index in [9.17, 15) is 23.1 Å². The quantitative estimate of drug-likeness (QED) is 0.547. The van der Waals surface area contributed by atoms with Crippen molar-refractivity contribution in [1.29, 1.82) is 0 Å². The summed E-state index contributed by atoms with van der Waals surface area (Å²) >= 11 is 0. The highest BCUT2D eigenvalue weighted by molar-refractivity contribution is 7.89.